The summed E-state index contributed by atoms with van der Waals surface area (Å²) in [6.07, 6.45) is 2.91. The first-order valence-corrected chi connectivity index (χ1v) is 9.53. The summed E-state index contributed by atoms with van der Waals surface area (Å²) >= 11 is 1.45. The molecule has 4 rings (SSSR count). The third kappa shape index (κ3) is 3.35. The number of rotatable bonds is 5. The Morgan fingerprint density at radius 2 is 2.04 bits per heavy atom. The molecule has 1 aromatic carbocycles. The lowest BCUT2D eigenvalue weighted by Gasteiger charge is -2.13. The van der Waals surface area contributed by atoms with Crippen molar-refractivity contribution in [3.8, 4) is 11.3 Å². The van der Waals surface area contributed by atoms with E-state index in [0.717, 1.165) is 22.6 Å². The standard InChI is InChI=1S/C19H19N5O2S/c1-4-13-5-7-14(8-6-13)15-9-24-16(11-27-19(24)21-15)18(25)23(3)10-17-20-12(2)22-26-17/h5-9,11H,4,10H2,1-3H3. The van der Waals surface area contributed by atoms with Crippen LogP contribution in [0.2, 0.25) is 0 Å². The number of hydrogen-bond acceptors (Lipinski definition) is 6. The number of aromatic nitrogens is 4. The lowest BCUT2D eigenvalue weighted by molar-refractivity contribution is 0.0763. The highest BCUT2D eigenvalue weighted by Gasteiger charge is 2.20. The molecular weight excluding hydrogens is 362 g/mol. The van der Waals surface area contributed by atoms with Crippen LogP contribution >= 0.6 is 11.3 Å². The van der Waals surface area contributed by atoms with Crippen molar-refractivity contribution >= 4 is 22.2 Å². The Morgan fingerprint density at radius 3 is 2.70 bits per heavy atom. The van der Waals surface area contributed by atoms with Crippen LogP contribution in [0.3, 0.4) is 0 Å². The van der Waals surface area contributed by atoms with Crippen LogP contribution in [0.15, 0.2) is 40.4 Å². The first kappa shape index (κ1) is 17.4. The zero-order valence-electron chi connectivity index (χ0n) is 15.3. The molecule has 0 N–H and O–H groups in total. The quantitative estimate of drug-likeness (QED) is 0.528. The predicted molar refractivity (Wildman–Crippen MR) is 103 cm³/mol. The number of amides is 1. The molecule has 0 radical (unpaired) electrons. The van der Waals surface area contributed by atoms with Crippen LogP contribution in [0.5, 0.6) is 0 Å². The second kappa shape index (κ2) is 6.96. The van der Waals surface area contributed by atoms with Gasteiger partial charge in [-0.3, -0.25) is 9.20 Å². The molecule has 1 amide bonds. The molecule has 0 fully saturated rings. The van der Waals surface area contributed by atoms with Gasteiger partial charge in [-0.05, 0) is 18.9 Å². The van der Waals surface area contributed by atoms with Crippen molar-refractivity contribution in [3.05, 3.63) is 58.8 Å². The summed E-state index contributed by atoms with van der Waals surface area (Å²) in [7, 11) is 1.71. The van der Waals surface area contributed by atoms with E-state index in [0.29, 0.717) is 17.4 Å². The van der Waals surface area contributed by atoms with Crippen molar-refractivity contribution in [1.29, 1.82) is 0 Å². The number of fused-ring (bicyclic) bond motifs is 1. The second-order valence-electron chi connectivity index (χ2n) is 6.35. The van der Waals surface area contributed by atoms with Crippen LogP contribution in [0.4, 0.5) is 0 Å². The first-order chi connectivity index (χ1) is 13.0. The fraction of sp³-hybridized carbons (Fsp3) is 0.263. The average Bonchev–Trinajstić information content (AvgIpc) is 3.37. The highest BCUT2D eigenvalue weighted by atomic mass is 32.1. The molecule has 8 heteroatoms. The molecule has 3 heterocycles. The monoisotopic (exact) mass is 381 g/mol. The minimum atomic E-state index is -0.123. The molecule has 0 aliphatic carbocycles. The van der Waals surface area contributed by atoms with Crippen molar-refractivity contribution in [2.24, 2.45) is 0 Å². The zero-order valence-corrected chi connectivity index (χ0v) is 16.2. The van der Waals surface area contributed by atoms with Crippen molar-refractivity contribution in [3.63, 3.8) is 0 Å². The highest BCUT2D eigenvalue weighted by molar-refractivity contribution is 7.15. The van der Waals surface area contributed by atoms with Crippen LogP contribution in [-0.2, 0) is 13.0 Å². The van der Waals surface area contributed by atoms with Crippen LogP contribution in [-0.4, -0.2) is 37.4 Å². The summed E-state index contributed by atoms with van der Waals surface area (Å²) < 4.78 is 6.94. The van der Waals surface area contributed by atoms with E-state index >= 15 is 0 Å². The Balaban J connectivity index is 1.60. The van der Waals surface area contributed by atoms with Gasteiger partial charge in [0.15, 0.2) is 10.8 Å². The molecule has 0 saturated carbocycles. The van der Waals surface area contributed by atoms with E-state index in [1.165, 1.54) is 16.9 Å². The molecule has 0 saturated heterocycles. The van der Waals surface area contributed by atoms with Crippen molar-refractivity contribution < 1.29 is 9.32 Å². The van der Waals surface area contributed by atoms with Gasteiger partial charge in [0, 0.05) is 24.2 Å². The van der Waals surface area contributed by atoms with Gasteiger partial charge in [-0.2, -0.15) is 4.98 Å². The Kier molecular flexibility index (Phi) is 4.49. The van der Waals surface area contributed by atoms with E-state index in [2.05, 4.69) is 46.3 Å². The maximum atomic E-state index is 12.9. The van der Waals surface area contributed by atoms with Gasteiger partial charge in [0.1, 0.15) is 12.2 Å². The van der Waals surface area contributed by atoms with Crippen LogP contribution in [0.1, 0.15) is 34.7 Å². The van der Waals surface area contributed by atoms with Gasteiger partial charge in [0.2, 0.25) is 5.89 Å². The number of carbonyl (C=O) groups is 1. The largest absolute Gasteiger partial charge is 0.337 e. The fourth-order valence-corrected chi connectivity index (χ4v) is 3.71. The highest BCUT2D eigenvalue weighted by Crippen LogP contribution is 2.25. The average molecular weight is 381 g/mol. The van der Waals surface area contributed by atoms with Gasteiger partial charge in [-0.15, -0.1) is 11.3 Å². The molecule has 0 aliphatic rings. The fourth-order valence-electron chi connectivity index (χ4n) is 2.86. The van der Waals surface area contributed by atoms with Crippen LogP contribution < -0.4 is 0 Å². The SMILES string of the molecule is CCc1ccc(-c2cn3c(C(=O)N(C)Cc4nc(C)no4)csc3n2)cc1. The molecule has 4 aromatic rings. The molecule has 7 nitrogen and oxygen atoms in total. The number of carbonyl (C=O) groups excluding carboxylic acids is 1. The Bertz CT molecular complexity index is 1090. The van der Waals surface area contributed by atoms with Crippen molar-refractivity contribution in [1.82, 2.24) is 24.4 Å². The number of benzene rings is 1. The molecule has 0 spiro atoms. The van der Waals surface area contributed by atoms with E-state index in [-0.39, 0.29) is 12.5 Å². The summed E-state index contributed by atoms with van der Waals surface area (Å²) in [6, 6.07) is 8.34. The second-order valence-corrected chi connectivity index (χ2v) is 7.18. The number of thiazole rings is 1. The van der Waals surface area contributed by atoms with Gasteiger partial charge >= 0.3 is 0 Å². The van der Waals surface area contributed by atoms with Gasteiger partial charge in [-0.25, -0.2) is 4.98 Å². The summed E-state index contributed by atoms with van der Waals surface area (Å²) in [4.78, 5) is 24.0. The lowest BCUT2D eigenvalue weighted by Crippen LogP contribution is -2.27. The summed E-state index contributed by atoms with van der Waals surface area (Å²) in [5.41, 5.74) is 3.75. The summed E-state index contributed by atoms with van der Waals surface area (Å²) in [6.45, 7) is 4.14. The Hall–Kier alpha value is -3.00. The van der Waals surface area contributed by atoms with Gasteiger partial charge in [0.05, 0.1) is 5.69 Å². The Morgan fingerprint density at radius 1 is 1.26 bits per heavy atom. The van der Waals surface area contributed by atoms with Crippen LogP contribution in [0.25, 0.3) is 16.2 Å². The molecular formula is C19H19N5O2S. The maximum absolute atomic E-state index is 12.9. The molecule has 0 aliphatic heterocycles. The number of hydrogen-bond donors (Lipinski definition) is 0. The van der Waals surface area contributed by atoms with Gasteiger partial charge < -0.3 is 9.42 Å². The molecule has 0 bridgehead atoms. The molecule has 0 atom stereocenters. The topological polar surface area (TPSA) is 76.5 Å². The number of aryl methyl sites for hydroxylation is 2. The van der Waals surface area contributed by atoms with Crippen molar-refractivity contribution in [2.75, 3.05) is 7.05 Å². The normalized spacial score (nSPS) is 11.2. The molecule has 138 valence electrons. The van der Waals surface area contributed by atoms with Gasteiger partial charge in [-0.1, -0.05) is 36.3 Å². The Labute approximate surface area is 160 Å². The summed E-state index contributed by atoms with van der Waals surface area (Å²) in [5.74, 6) is 0.844. The smallest absolute Gasteiger partial charge is 0.271 e. The van der Waals surface area contributed by atoms with E-state index in [1.807, 2.05) is 16.0 Å². The zero-order chi connectivity index (χ0) is 19.0. The van der Waals surface area contributed by atoms with E-state index < -0.39 is 0 Å². The van der Waals surface area contributed by atoms with E-state index in [1.54, 1.807) is 18.9 Å². The number of imidazole rings is 1. The first-order valence-electron chi connectivity index (χ1n) is 8.65. The summed E-state index contributed by atoms with van der Waals surface area (Å²) in [5, 5.41) is 5.58. The molecule has 27 heavy (non-hydrogen) atoms. The third-order valence-corrected chi connectivity index (χ3v) is 5.21. The molecule has 3 aromatic heterocycles. The molecule has 0 unspecified atom stereocenters. The van der Waals surface area contributed by atoms with E-state index in [4.69, 9.17) is 4.52 Å². The minimum absolute atomic E-state index is 0.123. The maximum Gasteiger partial charge on any atom is 0.271 e. The predicted octanol–water partition coefficient (Wildman–Crippen LogP) is 3.59. The lowest BCUT2D eigenvalue weighted by atomic mass is 10.1. The number of nitrogens with zero attached hydrogens (tertiary/aromatic N) is 5. The third-order valence-electron chi connectivity index (χ3n) is 4.37. The van der Waals surface area contributed by atoms with Crippen LogP contribution in [0, 0.1) is 6.92 Å². The minimum Gasteiger partial charge on any atom is -0.337 e. The van der Waals surface area contributed by atoms with Crippen molar-refractivity contribution in [2.45, 2.75) is 26.8 Å². The van der Waals surface area contributed by atoms with Gasteiger partial charge in [0.25, 0.3) is 5.91 Å². The van der Waals surface area contributed by atoms with E-state index in [9.17, 15) is 4.79 Å².